The SMILES string of the molecule is CCCCCCCC/C=C\CCCCCCCCCC(=O)OC(COCCC(C(=O)O)[N+](C)(C)C)COC(=O)CCCCCCCCCCCCCC. The lowest BCUT2D eigenvalue weighted by atomic mass is 10.0. The van der Waals surface area contributed by atoms with Gasteiger partial charge in [-0.05, 0) is 38.5 Å². The summed E-state index contributed by atoms with van der Waals surface area (Å²) in [5, 5.41) is 9.61. The first-order chi connectivity index (χ1) is 25.6. The Labute approximate surface area is 327 Å². The Kier molecular flexibility index (Phi) is 35.7. The molecule has 0 fully saturated rings. The van der Waals surface area contributed by atoms with Crippen molar-refractivity contribution >= 4 is 17.9 Å². The van der Waals surface area contributed by atoms with Crippen LogP contribution in [0.25, 0.3) is 0 Å². The third-order valence-corrected chi connectivity index (χ3v) is 10.2. The van der Waals surface area contributed by atoms with E-state index in [1.165, 1.54) is 135 Å². The second kappa shape index (κ2) is 37.0. The summed E-state index contributed by atoms with van der Waals surface area (Å²) < 4.78 is 17.3. The third kappa shape index (κ3) is 35.5. The number of nitrogens with zero attached hydrogens (tertiary/aromatic N) is 1. The molecule has 0 bridgehead atoms. The number of aliphatic carboxylic acids is 1. The molecule has 0 saturated heterocycles. The fraction of sp³-hybridized carbons (Fsp3) is 0.889. The van der Waals surface area contributed by atoms with E-state index in [-0.39, 0.29) is 36.2 Å². The number of hydrogen-bond acceptors (Lipinski definition) is 6. The first kappa shape index (κ1) is 51.1. The van der Waals surface area contributed by atoms with Crippen LogP contribution < -0.4 is 0 Å². The van der Waals surface area contributed by atoms with E-state index in [2.05, 4.69) is 26.0 Å². The highest BCUT2D eigenvalue weighted by atomic mass is 16.6. The predicted octanol–water partition coefficient (Wildman–Crippen LogP) is 11.9. The van der Waals surface area contributed by atoms with Crippen molar-refractivity contribution < 1.29 is 38.2 Å². The van der Waals surface area contributed by atoms with Crippen LogP contribution in [0.15, 0.2) is 12.2 Å². The number of unbranched alkanes of at least 4 members (excludes halogenated alkanes) is 24. The minimum atomic E-state index is -0.873. The van der Waals surface area contributed by atoms with Crippen LogP contribution in [0.2, 0.25) is 0 Å². The van der Waals surface area contributed by atoms with Crippen LogP contribution >= 0.6 is 0 Å². The second-order valence-electron chi connectivity index (χ2n) is 16.3. The standard InChI is InChI=1S/C45H85NO7/c1-6-8-10-12-14-16-18-20-21-22-23-24-26-28-30-32-34-36-44(48)53-41(39-51-38-37-42(45(49)50)46(3,4)5)40-52-43(47)35-33-31-29-27-25-19-17-15-13-11-9-7-2/h20-21,41-42H,6-19,22-40H2,1-5H3/p+1/b21-20-. The zero-order chi connectivity index (χ0) is 39.3. The molecule has 0 aliphatic rings. The topological polar surface area (TPSA) is 99.1 Å². The molecular weight excluding hydrogens is 666 g/mol. The molecule has 8 heteroatoms. The molecule has 2 atom stereocenters. The van der Waals surface area contributed by atoms with E-state index in [1.807, 2.05) is 21.1 Å². The number of carboxylic acid groups (broad SMARTS) is 1. The van der Waals surface area contributed by atoms with Crippen LogP contribution in [0.5, 0.6) is 0 Å². The van der Waals surface area contributed by atoms with E-state index in [1.54, 1.807) is 0 Å². The summed E-state index contributed by atoms with van der Waals surface area (Å²) in [6.07, 6.45) is 38.2. The molecule has 0 aromatic rings. The van der Waals surface area contributed by atoms with Gasteiger partial charge in [0.25, 0.3) is 0 Å². The van der Waals surface area contributed by atoms with Crippen LogP contribution in [-0.2, 0) is 28.6 Å². The first-order valence-corrected chi connectivity index (χ1v) is 22.2. The minimum Gasteiger partial charge on any atom is -0.477 e. The maximum Gasteiger partial charge on any atom is 0.362 e. The number of carbonyl (C=O) groups is 3. The molecule has 0 aromatic heterocycles. The molecule has 0 heterocycles. The first-order valence-electron chi connectivity index (χ1n) is 22.2. The molecule has 53 heavy (non-hydrogen) atoms. The summed E-state index contributed by atoms with van der Waals surface area (Å²) in [7, 11) is 5.53. The van der Waals surface area contributed by atoms with Gasteiger partial charge in [-0.3, -0.25) is 9.59 Å². The van der Waals surface area contributed by atoms with Crippen molar-refractivity contribution in [2.75, 3.05) is 41.0 Å². The van der Waals surface area contributed by atoms with Gasteiger partial charge in [0.05, 0.1) is 34.4 Å². The number of ether oxygens (including phenoxy) is 3. The Hall–Kier alpha value is -1.93. The molecule has 312 valence electrons. The van der Waals surface area contributed by atoms with Gasteiger partial charge in [-0.25, -0.2) is 4.79 Å². The molecule has 1 N–H and O–H groups in total. The summed E-state index contributed by atoms with van der Waals surface area (Å²) >= 11 is 0. The molecule has 0 aromatic carbocycles. The van der Waals surface area contributed by atoms with Gasteiger partial charge in [0.1, 0.15) is 6.61 Å². The average Bonchev–Trinajstić information content (AvgIpc) is 3.11. The molecule has 0 aliphatic carbocycles. The monoisotopic (exact) mass is 753 g/mol. The van der Waals surface area contributed by atoms with Crippen LogP contribution in [0.3, 0.4) is 0 Å². The maximum atomic E-state index is 12.7. The summed E-state index contributed by atoms with van der Waals surface area (Å²) in [6.45, 7) is 4.74. The Morgan fingerprint density at radius 2 is 0.943 bits per heavy atom. The number of quaternary nitrogens is 1. The molecule has 0 radical (unpaired) electrons. The van der Waals surface area contributed by atoms with Gasteiger partial charge < -0.3 is 23.8 Å². The van der Waals surface area contributed by atoms with Crippen molar-refractivity contribution in [3.8, 4) is 0 Å². The largest absolute Gasteiger partial charge is 0.477 e. The van der Waals surface area contributed by atoms with E-state index in [0.717, 1.165) is 38.5 Å². The summed E-state index contributed by atoms with van der Waals surface area (Å²) in [6, 6.07) is -0.610. The fourth-order valence-electron chi connectivity index (χ4n) is 6.67. The Morgan fingerprint density at radius 3 is 1.36 bits per heavy atom. The Morgan fingerprint density at radius 1 is 0.547 bits per heavy atom. The van der Waals surface area contributed by atoms with E-state index in [0.29, 0.717) is 19.3 Å². The molecule has 0 spiro atoms. The van der Waals surface area contributed by atoms with Crippen LogP contribution in [0.1, 0.15) is 206 Å². The lowest BCUT2D eigenvalue weighted by Gasteiger charge is -2.31. The maximum absolute atomic E-state index is 12.7. The van der Waals surface area contributed by atoms with Gasteiger partial charge in [0, 0.05) is 19.3 Å². The van der Waals surface area contributed by atoms with Crippen molar-refractivity contribution in [1.29, 1.82) is 0 Å². The number of carbonyl (C=O) groups excluding carboxylic acids is 2. The average molecular weight is 753 g/mol. The van der Waals surface area contributed by atoms with E-state index in [9.17, 15) is 19.5 Å². The smallest absolute Gasteiger partial charge is 0.362 e. The van der Waals surface area contributed by atoms with Gasteiger partial charge in [0.15, 0.2) is 12.1 Å². The summed E-state index contributed by atoms with van der Waals surface area (Å²) in [5.41, 5.74) is 0. The van der Waals surface area contributed by atoms with E-state index in [4.69, 9.17) is 14.2 Å². The van der Waals surface area contributed by atoms with Crippen molar-refractivity contribution in [3.05, 3.63) is 12.2 Å². The predicted molar refractivity (Wildman–Crippen MR) is 220 cm³/mol. The Balaban J connectivity index is 4.31. The molecule has 0 rings (SSSR count). The fourth-order valence-corrected chi connectivity index (χ4v) is 6.67. The highest BCUT2D eigenvalue weighted by Gasteiger charge is 2.31. The summed E-state index contributed by atoms with van der Waals surface area (Å²) in [5.74, 6) is -1.46. The zero-order valence-electron chi connectivity index (χ0n) is 35.5. The van der Waals surface area contributed by atoms with Crippen molar-refractivity contribution in [3.63, 3.8) is 0 Å². The van der Waals surface area contributed by atoms with E-state index >= 15 is 0 Å². The molecule has 0 aliphatic heterocycles. The van der Waals surface area contributed by atoms with Gasteiger partial charge in [-0.2, -0.15) is 0 Å². The number of carboxylic acids is 1. The number of rotatable bonds is 40. The number of hydrogen-bond donors (Lipinski definition) is 1. The molecule has 2 unspecified atom stereocenters. The number of allylic oxidation sites excluding steroid dienone is 2. The lowest BCUT2D eigenvalue weighted by molar-refractivity contribution is -0.887. The molecule has 8 nitrogen and oxygen atoms in total. The van der Waals surface area contributed by atoms with Crippen molar-refractivity contribution in [2.45, 2.75) is 219 Å². The normalized spacial score (nSPS) is 13.0. The van der Waals surface area contributed by atoms with Crippen LogP contribution in [-0.4, -0.2) is 80.6 Å². The third-order valence-electron chi connectivity index (χ3n) is 10.2. The van der Waals surface area contributed by atoms with E-state index < -0.39 is 18.1 Å². The number of likely N-dealkylation sites (N-methyl/N-ethyl adjacent to an activating group) is 1. The second-order valence-corrected chi connectivity index (χ2v) is 16.3. The zero-order valence-corrected chi connectivity index (χ0v) is 35.5. The van der Waals surface area contributed by atoms with Crippen molar-refractivity contribution in [1.82, 2.24) is 0 Å². The van der Waals surface area contributed by atoms with Gasteiger partial charge in [0.2, 0.25) is 0 Å². The minimum absolute atomic E-state index is 0.0469. The quantitative estimate of drug-likeness (QED) is 0.0288. The van der Waals surface area contributed by atoms with Crippen LogP contribution in [0, 0.1) is 0 Å². The van der Waals surface area contributed by atoms with Gasteiger partial charge >= 0.3 is 17.9 Å². The lowest BCUT2D eigenvalue weighted by Crippen LogP contribution is -2.50. The Bertz CT molecular complexity index is 885. The summed E-state index contributed by atoms with van der Waals surface area (Å²) in [4.78, 5) is 36.9. The number of esters is 2. The van der Waals surface area contributed by atoms with Crippen LogP contribution in [0.4, 0.5) is 0 Å². The van der Waals surface area contributed by atoms with Crippen molar-refractivity contribution in [2.24, 2.45) is 0 Å². The highest BCUT2D eigenvalue weighted by molar-refractivity contribution is 5.72. The van der Waals surface area contributed by atoms with Gasteiger partial charge in [-0.15, -0.1) is 0 Å². The molecule has 0 saturated carbocycles. The molecular formula is C45H86NO7+. The molecule has 0 amide bonds. The highest BCUT2D eigenvalue weighted by Crippen LogP contribution is 2.15. The van der Waals surface area contributed by atoms with Gasteiger partial charge in [-0.1, -0.05) is 161 Å².